The number of aromatic nitrogens is 3. The van der Waals surface area contributed by atoms with Crippen LogP contribution in [0.1, 0.15) is 35.6 Å². The topological polar surface area (TPSA) is 93.9 Å². The van der Waals surface area contributed by atoms with Crippen LogP contribution in [0.3, 0.4) is 0 Å². The molecule has 6 nitrogen and oxygen atoms in total. The van der Waals surface area contributed by atoms with Gasteiger partial charge in [0.1, 0.15) is 5.69 Å². The average Bonchev–Trinajstić information content (AvgIpc) is 2.65. The van der Waals surface area contributed by atoms with Gasteiger partial charge in [-0.1, -0.05) is 0 Å². The minimum absolute atomic E-state index is 0.00116. The van der Waals surface area contributed by atoms with Gasteiger partial charge in [0.15, 0.2) is 5.69 Å². The third-order valence-electron chi connectivity index (χ3n) is 1.83. The summed E-state index contributed by atoms with van der Waals surface area (Å²) in [5.74, 6) is -0.726. The Morgan fingerprint density at radius 1 is 1.56 bits per heavy atom. The summed E-state index contributed by atoms with van der Waals surface area (Å²) in [6.07, 6.45) is -3.15. The fraction of sp³-hybridized carbons (Fsp3) is 0.625. The molecule has 1 aromatic rings. The van der Waals surface area contributed by atoms with Gasteiger partial charge in [-0.15, -0.1) is 5.10 Å². The zero-order valence-electron chi connectivity index (χ0n) is 8.61. The predicted molar refractivity (Wildman–Crippen MR) is 49.9 cm³/mol. The number of esters is 1. The molecular formula is C8H12F2N4O2. The van der Waals surface area contributed by atoms with E-state index in [0.29, 0.717) is 0 Å². The molecule has 1 aromatic heterocycles. The maximum atomic E-state index is 12.1. The molecule has 8 heteroatoms. The van der Waals surface area contributed by atoms with E-state index in [0.717, 1.165) is 0 Å². The lowest BCUT2D eigenvalue weighted by atomic mass is 10.1. The normalized spacial score (nSPS) is 12.8. The number of aromatic amines is 1. The zero-order chi connectivity index (χ0) is 12.1. The Morgan fingerprint density at radius 2 is 2.25 bits per heavy atom. The van der Waals surface area contributed by atoms with Gasteiger partial charge in [-0.2, -0.15) is 10.3 Å². The first-order chi connectivity index (χ1) is 7.56. The van der Waals surface area contributed by atoms with Crippen LogP contribution in [-0.2, 0) is 4.74 Å². The van der Waals surface area contributed by atoms with Crippen molar-refractivity contribution in [3.8, 4) is 0 Å². The number of ether oxygens (including phenoxy) is 1. The molecule has 0 bridgehead atoms. The van der Waals surface area contributed by atoms with Crippen LogP contribution >= 0.6 is 0 Å². The van der Waals surface area contributed by atoms with Crippen LogP contribution < -0.4 is 5.73 Å². The highest BCUT2D eigenvalue weighted by Crippen LogP contribution is 2.18. The summed E-state index contributed by atoms with van der Waals surface area (Å²) >= 11 is 0. The van der Waals surface area contributed by atoms with E-state index in [2.05, 4.69) is 20.1 Å². The molecule has 1 heterocycles. The van der Waals surface area contributed by atoms with Gasteiger partial charge in [-0.25, -0.2) is 13.6 Å². The van der Waals surface area contributed by atoms with Gasteiger partial charge in [0.05, 0.1) is 12.6 Å². The number of nitrogens with zero attached hydrogens (tertiary/aromatic N) is 2. The second-order valence-corrected chi connectivity index (χ2v) is 3.01. The Labute approximate surface area is 90.2 Å². The van der Waals surface area contributed by atoms with Gasteiger partial charge in [0.2, 0.25) is 6.43 Å². The molecule has 3 N–H and O–H groups in total. The van der Waals surface area contributed by atoms with Crippen LogP contribution in [0.2, 0.25) is 0 Å². The average molecular weight is 234 g/mol. The third kappa shape index (κ3) is 2.96. The summed E-state index contributed by atoms with van der Waals surface area (Å²) in [6.45, 7) is 1.78. The summed E-state index contributed by atoms with van der Waals surface area (Å²) < 4.78 is 28.9. The Balaban J connectivity index is 2.81. The number of carbonyl (C=O) groups excluding carboxylic acids is 1. The number of nitrogens with two attached hydrogens (primary N) is 1. The van der Waals surface area contributed by atoms with Crippen LogP contribution in [-0.4, -0.2) is 34.4 Å². The van der Waals surface area contributed by atoms with E-state index in [-0.39, 0.29) is 18.0 Å². The first-order valence-corrected chi connectivity index (χ1v) is 4.67. The van der Waals surface area contributed by atoms with E-state index < -0.39 is 24.9 Å². The molecule has 1 rings (SSSR count). The molecule has 0 amide bonds. The standard InChI is InChI=1S/C8H12F2N4O2/c1-2-16-8(15)7-6(12-14-13-7)4(11)3-5(9)10/h4-5H,2-3,11H2,1H3,(H,12,13,14). The number of alkyl halides is 2. The molecule has 0 saturated carbocycles. The first-order valence-electron chi connectivity index (χ1n) is 4.67. The van der Waals surface area contributed by atoms with Crippen molar-refractivity contribution in [2.24, 2.45) is 5.73 Å². The van der Waals surface area contributed by atoms with E-state index >= 15 is 0 Å². The Kier molecular flexibility index (Phi) is 4.29. The monoisotopic (exact) mass is 234 g/mol. The van der Waals surface area contributed by atoms with Crippen LogP contribution in [0.15, 0.2) is 0 Å². The molecule has 90 valence electrons. The van der Waals surface area contributed by atoms with E-state index in [1.165, 1.54) is 0 Å². The molecule has 0 fully saturated rings. The largest absolute Gasteiger partial charge is 0.461 e. The van der Waals surface area contributed by atoms with Gasteiger partial charge in [-0.3, -0.25) is 0 Å². The summed E-state index contributed by atoms with van der Waals surface area (Å²) in [7, 11) is 0. The van der Waals surface area contributed by atoms with Gasteiger partial charge in [-0.05, 0) is 6.92 Å². The minimum atomic E-state index is -2.57. The van der Waals surface area contributed by atoms with E-state index in [1.807, 2.05) is 0 Å². The number of nitrogens with one attached hydrogen (secondary N) is 1. The highest BCUT2D eigenvalue weighted by atomic mass is 19.3. The highest BCUT2D eigenvalue weighted by Gasteiger charge is 2.24. The molecule has 0 aliphatic rings. The predicted octanol–water partition coefficient (Wildman–Crippen LogP) is 0.636. The van der Waals surface area contributed by atoms with Crippen molar-refractivity contribution in [3.63, 3.8) is 0 Å². The quantitative estimate of drug-likeness (QED) is 0.729. The molecule has 0 saturated heterocycles. The van der Waals surface area contributed by atoms with Crippen molar-refractivity contribution in [2.45, 2.75) is 25.8 Å². The number of halogens is 2. The molecule has 0 aliphatic carbocycles. The van der Waals surface area contributed by atoms with Crippen molar-refractivity contribution >= 4 is 5.97 Å². The van der Waals surface area contributed by atoms with Crippen LogP contribution in [0.5, 0.6) is 0 Å². The summed E-state index contributed by atoms with van der Waals surface area (Å²) in [6, 6.07) is -1.04. The van der Waals surface area contributed by atoms with Crippen molar-refractivity contribution in [2.75, 3.05) is 6.61 Å². The van der Waals surface area contributed by atoms with Crippen molar-refractivity contribution in [1.29, 1.82) is 0 Å². The van der Waals surface area contributed by atoms with E-state index in [4.69, 9.17) is 5.73 Å². The lowest BCUT2D eigenvalue weighted by Crippen LogP contribution is -2.18. The Bertz CT molecular complexity index is 356. The fourth-order valence-electron chi connectivity index (χ4n) is 1.15. The Morgan fingerprint density at radius 3 is 2.81 bits per heavy atom. The second kappa shape index (κ2) is 5.50. The lowest BCUT2D eigenvalue weighted by Gasteiger charge is -2.08. The van der Waals surface area contributed by atoms with Crippen LogP contribution in [0.4, 0.5) is 8.78 Å². The third-order valence-corrected chi connectivity index (χ3v) is 1.83. The smallest absolute Gasteiger partial charge is 0.360 e. The SMILES string of the molecule is CCOC(=O)c1n[nH]nc1C(N)CC(F)F. The lowest BCUT2D eigenvalue weighted by molar-refractivity contribution is 0.0515. The van der Waals surface area contributed by atoms with E-state index in [1.54, 1.807) is 6.92 Å². The van der Waals surface area contributed by atoms with Crippen LogP contribution in [0, 0.1) is 0 Å². The van der Waals surface area contributed by atoms with Crippen molar-refractivity contribution < 1.29 is 18.3 Å². The molecule has 1 unspecified atom stereocenters. The number of rotatable bonds is 5. The van der Waals surface area contributed by atoms with E-state index in [9.17, 15) is 13.6 Å². The second-order valence-electron chi connectivity index (χ2n) is 3.01. The fourth-order valence-corrected chi connectivity index (χ4v) is 1.15. The van der Waals surface area contributed by atoms with Crippen LogP contribution in [0.25, 0.3) is 0 Å². The first kappa shape index (κ1) is 12.5. The molecular weight excluding hydrogens is 222 g/mol. The summed E-state index contributed by atoms with van der Waals surface area (Å²) in [5, 5.41) is 9.27. The molecule has 0 aliphatic heterocycles. The number of hydrogen-bond acceptors (Lipinski definition) is 5. The number of H-pyrrole nitrogens is 1. The van der Waals surface area contributed by atoms with Gasteiger partial charge in [0.25, 0.3) is 0 Å². The maximum Gasteiger partial charge on any atom is 0.360 e. The zero-order valence-corrected chi connectivity index (χ0v) is 8.61. The maximum absolute atomic E-state index is 12.1. The highest BCUT2D eigenvalue weighted by molar-refractivity contribution is 5.88. The number of hydrogen-bond donors (Lipinski definition) is 2. The van der Waals surface area contributed by atoms with Gasteiger partial charge in [0, 0.05) is 6.42 Å². The summed E-state index contributed by atoms with van der Waals surface area (Å²) in [5.41, 5.74) is 5.32. The van der Waals surface area contributed by atoms with Gasteiger partial charge < -0.3 is 10.5 Å². The molecule has 0 spiro atoms. The number of carbonyl (C=O) groups is 1. The Hall–Kier alpha value is -1.57. The molecule has 0 aromatic carbocycles. The molecule has 16 heavy (non-hydrogen) atoms. The minimum Gasteiger partial charge on any atom is -0.461 e. The molecule has 0 radical (unpaired) electrons. The van der Waals surface area contributed by atoms with Crippen molar-refractivity contribution in [3.05, 3.63) is 11.4 Å². The van der Waals surface area contributed by atoms with Gasteiger partial charge >= 0.3 is 5.97 Å². The summed E-state index contributed by atoms with van der Waals surface area (Å²) in [4.78, 5) is 11.3. The van der Waals surface area contributed by atoms with Crippen molar-refractivity contribution in [1.82, 2.24) is 15.4 Å². The molecule has 1 atom stereocenters.